The molecule has 1 unspecified atom stereocenters. The Morgan fingerprint density at radius 2 is 1.74 bits per heavy atom. The number of piperidine rings is 1. The lowest BCUT2D eigenvalue weighted by atomic mass is 9.68. The van der Waals surface area contributed by atoms with Gasteiger partial charge in [-0.05, 0) is 77.0 Å². The van der Waals surface area contributed by atoms with Crippen molar-refractivity contribution in [3.05, 3.63) is 0 Å². The van der Waals surface area contributed by atoms with Crippen molar-refractivity contribution in [3.63, 3.8) is 0 Å². The minimum Gasteiger partial charge on any atom is -0.317 e. The molecule has 1 saturated heterocycles. The summed E-state index contributed by atoms with van der Waals surface area (Å²) in [4.78, 5) is 2.72. The summed E-state index contributed by atoms with van der Waals surface area (Å²) >= 11 is 0. The van der Waals surface area contributed by atoms with Gasteiger partial charge >= 0.3 is 0 Å². The van der Waals surface area contributed by atoms with Crippen molar-refractivity contribution in [3.8, 4) is 0 Å². The van der Waals surface area contributed by atoms with Crippen LogP contribution in [-0.4, -0.2) is 37.6 Å². The Hall–Kier alpha value is -0.0800. The van der Waals surface area contributed by atoms with Gasteiger partial charge in [0, 0.05) is 6.04 Å². The van der Waals surface area contributed by atoms with Gasteiger partial charge in [-0.1, -0.05) is 26.2 Å². The van der Waals surface area contributed by atoms with Crippen LogP contribution in [0.4, 0.5) is 0 Å². The molecule has 1 N–H and O–H groups in total. The van der Waals surface area contributed by atoms with Crippen molar-refractivity contribution in [2.75, 3.05) is 26.7 Å². The van der Waals surface area contributed by atoms with Gasteiger partial charge in [0.25, 0.3) is 0 Å². The normalized spacial score (nSPS) is 25.6. The summed E-state index contributed by atoms with van der Waals surface area (Å²) in [6.07, 6.45) is 14.5. The van der Waals surface area contributed by atoms with Crippen LogP contribution in [0.5, 0.6) is 0 Å². The first-order chi connectivity index (χ1) is 9.28. The van der Waals surface area contributed by atoms with Crippen molar-refractivity contribution in [2.24, 2.45) is 5.41 Å². The molecule has 1 heterocycles. The van der Waals surface area contributed by atoms with E-state index in [1.807, 2.05) is 0 Å². The van der Waals surface area contributed by atoms with Crippen molar-refractivity contribution in [1.29, 1.82) is 0 Å². The second-order valence-corrected chi connectivity index (χ2v) is 6.94. The highest BCUT2D eigenvalue weighted by molar-refractivity contribution is 4.88. The summed E-state index contributed by atoms with van der Waals surface area (Å²) < 4.78 is 0. The highest BCUT2D eigenvalue weighted by Crippen LogP contribution is 2.44. The van der Waals surface area contributed by atoms with E-state index in [9.17, 15) is 0 Å². The molecule has 2 aliphatic rings. The van der Waals surface area contributed by atoms with Crippen molar-refractivity contribution < 1.29 is 0 Å². The Morgan fingerprint density at radius 1 is 1.05 bits per heavy atom. The SMILES string of the molecule is CCC(CCCN1CCC2(CCCCC2)CC1)NC. The van der Waals surface area contributed by atoms with E-state index in [1.165, 1.54) is 83.8 Å². The first kappa shape index (κ1) is 15.3. The van der Waals surface area contributed by atoms with E-state index in [4.69, 9.17) is 0 Å². The third-order valence-corrected chi connectivity index (χ3v) is 5.76. The first-order valence-electron chi connectivity index (χ1n) is 8.68. The van der Waals surface area contributed by atoms with Gasteiger partial charge in [0.1, 0.15) is 0 Å². The molecule has 2 heteroatoms. The maximum atomic E-state index is 3.42. The highest BCUT2D eigenvalue weighted by atomic mass is 15.1. The van der Waals surface area contributed by atoms with Gasteiger partial charge in [0.2, 0.25) is 0 Å². The van der Waals surface area contributed by atoms with Crippen molar-refractivity contribution >= 4 is 0 Å². The number of rotatable bonds is 6. The van der Waals surface area contributed by atoms with Gasteiger partial charge in [-0.2, -0.15) is 0 Å². The highest BCUT2D eigenvalue weighted by Gasteiger charge is 2.35. The molecule has 0 aromatic heterocycles. The van der Waals surface area contributed by atoms with Gasteiger partial charge in [0.15, 0.2) is 0 Å². The molecule has 1 spiro atoms. The van der Waals surface area contributed by atoms with Crippen LogP contribution >= 0.6 is 0 Å². The van der Waals surface area contributed by atoms with Crippen LogP contribution in [0, 0.1) is 5.41 Å². The van der Waals surface area contributed by atoms with Crippen molar-refractivity contribution in [2.45, 2.75) is 77.2 Å². The standard InChI is InChI=1S/C17H34N2/c1-3-16(18-2)8-7-13-19-14-11-17(12-15-19)9-5-4-6-10-17/h16,18H,3-15H2,1-2H3. The Bertz CT molecular complexity index is 232. The van der Waals surface area contributed by atoms with Crippen LogP contribution in [0.25, 0.3) is 0 Å². The van der Waals surface area contributed by atoms with E-state index in [0.717, 1.165) is 11.5 Å². The molecule has 1 aliphatic heterocycles. The van der Waals surface area contributed by atoms with Crippen molar-refractivity contribution in [1.82, 2.24) is 10.2 Å². The average molecular weight is 266 g/mol. The fraction of sp³-hybridized carbons (Fsp3) is 1.00. The molecular formula is C17H34N2. The Balaban J connectivity index is 1.63. The molecule has 1 aliphatic carbocycles. The Morgan fingerprint density at radius 3 is 2.32 bits per heavy atom. The summed E-state index contributed by atoms with van der Waals surface area (Å²) in [6.45, 7) is 6.36. The summed E-state index contributed by atoms with van der Waals surface area (Å²) in [7, 11) is 2.10. The molecule has 1 atom stereocenters. The number of likely N-dealkylation sites (tertiary alicyclic amines) is 1. The predicted molar refractivity (Wildman–Crippen MR) is 83.6 cm³/mol. The molecule has 19 heavy (non-hydrogen) atoms. The molecule has 0 amide bonds. The minimum atomic E-state index is 0.731. The van der Waals surface area contributed by atoms with Crippen LogP contribution in [0.3, 0.4) is 0 Å². The van der Waals surface area contributed by atoms with Crippen LogP contribution in [0.15, 0.2) is 0 Å². The largest absolute Gasteiger partial charge is 0.317 e. The first-order valence-corrected chi connectivity index (χ1v) is 8.68. The maximum absolute atomic E-state index is 3.42. The Labute approximate surface area is 120 Å². The second-order valence-electron chi connectivity index (χ2n) is 6.94. The number of nitrogens with zero attached hydrogens (tertiary/aromatic N) is 1. The third kappa shape index (κ3) is 4.46. The number of nitrogens with one attached hydrogen (secondary N) is 1. The van der Waals surface area contributed by atoms with Crippen LogP contribution in [-0.2, 0) is 0 Å². The predicted octanol–water partition coefficient (Wildman–Crippen LogP) is 3.81. The number of hydrogen-bond donors (Lipinski definition) is 1. The van der Waals surface area contributed by atoms with E-state index >= 15 is 0 Å². The zero-order valence-electron chi connectivity index (χ0n) is 13.2. The maximum Gasteiger partial charge on any atom is 0.00619 e. The zero-order valence-corrected chi connectivity index (χ0v) is 13.2. The fourth-order valence-corrected chi connectivity index (χ4v) is 4.17. The molecule has 0 aromatic carbocycles. The fourth-order valence-electron chi connectivity index (χ4n) is 4.17. The molecular weight excluding hydrogens is 232 g/mol. The van der Waals surface area contributed by atoms with Crippen LogP contribution in [0.1, 0.15) is 71.1 Å². The lowest BCUT2D eigenvalue weighted by Gasteiger charge is -2.44. The smallest absolute Gasteiger partial charge is 0.00619 e. The average Bonchev–Trinajstić information content (AvgIpc) is 2.47. The van der Waals surface area contributed by atoms with E-state index in [2.05, 4.69) is 24.2 Å². The van der Waals surface area contributed by atoms with E-state index in [-0.39, 0.29) is 0 Å². The molecule has 0 aromatic rings. The van der Waals surface area contributed by atoms with Gasteiger partial charge in [-0.15, -0.1) is 0 Å². The Kier molecular flexibility index (Phi) is 6.15. The summed E-state index contributed by atoms with van der Waals surface area (Å²) in [5.74, 6) is 0. The molecule has 2 nitrogen and oxygen atoms in total. The zero-order chi connectivity index (χ0) is 13.6. The molecule has 112 valence electrons. The van der Waals surface area contributed by atoms with Gasteiger partial charge in [-0.25, -0.2) is 0 Å². The van der Waals surface area contributed by atoms with Gasteiger partial charge in [0.05, 0.1) is 0 Å². The molecule has 1 saturated carbocycles. The lowest BCUT2D eigenvalue weighted by molar-refractivity contribution is 0.0667. The van der Waals surface area contributed by atoms with E-state index in [1.54, 1.807) is 0 Å². The molecule has 2 rings (SSSR count). The lowest BCUT2D eigenvalue weighted by Crippen LogP contribution is -2.41. The third-order valence-electron chi connectivity index (χ3n) is 5.76. The van der Waals surface area contributed by atoms with Gasteiger partial charge in [-0.3, -0.25) is 0 Å². The van der Waals surface area contributed by atoms with Crippen LogP contribution < -0.4 is 5.32 Å². The molecule has 0 radical (unpaired) electrons. The molecule has 0 bridgehead atoms. The quantitative estimate of drug-likeness (QED) is 0.786. The van der Waals surface area contributed by atoms with E-state index in [0.29, 0.717) is 0 Å². The summed E-state index contributed by atoms with van der Waals surface area (Å²) in [5.41, 5.74) is 0.770. The van der Waals surface area contributed by atoms with Crippen LogP contribution in [0.2, 0.25) is 0 Å². The summed E-state index contributed by atoms with van der Waals surface area (Å²) in [6, 6.07) is 0.731. The van der Waals surface area contributed by atoms with Gasteiger partial charge < -0.3 is 10.2 Å². The minimum absolute atomic E-state index is 0.731. The number of hydrogen-bond acceptors (Lipinski definition) is 2. The van der Waals surface area contributed by atoms with E-state index < -0.39 is 0 Å². The summed E-state index contributed by atoms with van der Waals surface area (Å²) in [5, 5.41) is 3.42. The topological polar surface area (TPSA) is 15.3 Å². The monoisotopic (exact) mass is 266 g/mol. The molecule has 2 fully saturated rings. The second kappa shape index (κ2) is 7.64.